The summed E-state index contributed by atoms with van der Waals surface area (Å²) in [7, 11) is 0. The average Bonchev–Trinajstić information content (AvgIpc) is 3.18. The molecule has 5 rings (SSSR count). The second-order valence-electron chi connectivity index (χ2n) is 7.44. The standard InChI is InChI=1S/C25H18F2N2OS/c26-21-10-9-19(14-22(21)27)31-15-17-7-5-16(6-8-17)13-18-11-12-29-23-4-2-1-3-20(23)25(30)28-24(18)29/h1-10,13-14H,11-12,15H2/b18-13+. The summed E-state index contributed by atoms with van der Waals surface area (Å²) in [4.78, 5) is 17.4. The first-order valence-corrected chi connectivity index (χ1v) is 10.9. The Bertz CT molecular complexity index is 1380. The molecule has 0 N–H and O–H groups in total. The summed E-state index contributed by atoms with van der Waals surface area (Å²) in [5.74, 6) is -0.265. The summed E-state index contributed by atoms with van der Waals surface area (Å²) in [6, 6.07) is 19.6. The molecule has 0 fully saturated rings. The molecule has 1 aromatic heterocycles. The molecule has 3 nitrogen and oxygen atoms in total. The highest BCUT2D eigenvalue weighted by Gasteiger charge is 2.20. The Labute approximate surface area is 182 Å². The van der Waals surface area contributed by atoms with Crippen molar-refractivity contribution < 1.29 is 8.78 Å². The van der Waals surface area contributed by atoms with E-state index in [-0.39, 0.29) is 5.56 Å². The zero-order chi connectivity index (χ0) is 21.4. The highest BCUT2D eigenvalue weighted by Crippen LogP contribution is 2.30. The molecule has 0 spiro atoms. The lowest BCUT2D eigenvalue weighted by Gasteiger charge is -2.07. The fraction of sp³-hybridized carbons (Fsp3) is 0.120. The number of fused-ring (bicyclic) bond motifs is 3. The lowest BCUT2D eigenvalue weighted by molar-refractivity contribution is 0.506. The van der Waals surface area contributed by atoms with Crippen molar-refractivity contribution in [1.29, 1.82) is 0 Å². The molecule has 1 aliphatic rings. The first-order valence-electron chi connectivity index (χ1n) is 9.96. The van der Waals surface area contributed by atoms with E-state index in [4.69, 9.17) is 0 Å². The molecule has 0 saturated carbocycles. The first kappa shape index (κ1) is 19.7. The van der Waals surface area contributed by atoms with E-state index in [2.05, 4.69) is 15.6 Å². The van der Waals surface area contributed by atoms with Crippen LogP contribution >= 0.6 is 11.8 Å². The van der Waals surface area contributed by atoms with Crippen LogP contribution in [-0.2, 0) is 12.3 Å². The van der Waals surface area contributed by atoms with Crippen molar-refractivity contribution in [1.82, 2.24) is 9.55 Å². The van der Waals surface area contributed by atoms with Gasteiger partial charge in [0.2, 0.25) is 0 Å². The number of halogens is 2. The van der Waals surface area contributed by atoms with Gasteiger partial charge in [-0.2, -0.15) is 4.98 Å². The van der Waals surface area contributed by atoms with Crippen molar-refractivity contribution >= 4 is 34.3 Å². The number of aromatic nitrogens is 2. The van der Waals surface area contributed by atoms with E-state index in [1.54, 1.807) is 6.07 Å². The highest BCUT2D eigenvalue weighted by molar-refractivity contribution is 7.98. The van der Waals surface area contributed by atoms with Crippen LogP contribution in [0.1, 0.15) is 23.4 Å². The van der Waals surface area contributed by atoms with Crippen LogP contribution in [0, 0.1) is 11.6 Å². The number of allylic oxidation sites excluding steroid dienone is 1. The molecule has 0 radical (unpaired) electrons. The van der Waals surface area contributed by atoms with E-state index in [1.807, 2.05) is 48.5 Å². The molecule has 0 atom stereocenters. The van der Waals surface area contributed by atoms with Crippen LogP contribution in [0.3, 0.4) is 0 Å². The average molecular weight is 432 g/mol. The summed E-state index contributed by atoms with van der Waals surface area (Å²) in [6.45, 7) is 0.803. The first-order chi connectivity index (χ1) is 15.1. The van der Waals surface area contributed by atoms with E-state index in [9.17, 15) is 13.6 Å². The van der Waals surface area contributed by atoms with Gasteiger partial charge in [0.15, 0.2) is 11.6 Å². The van der Waals surface area contributed by atoms with Gasteiger partial charge in [0, 0.05) is 17.2 Å². The minimum atomic E-state index is -0.833. The van der Waals surface area contributed by atoms with Gasteiger partial charge in [-0.3, -0.25) is 4.79 Å². The molecule has 0 bridgehead atoms. The Morgan fingerprint density at radius 3 is 2.61 bits per heavy atom. The summed E-state index contributed by atoms with van der Waals surface area (Å²) in [6.07, 6.45) is 2.90. The number of nitrogens with zero attached hydrogens (tertiary/aromatic N) is 2. The molecule has 1 aliphatic heterocycles. The highest BCUT2D eigenvalue weighted by atomic mass is 32.2. The third kappa shape index (κ3) is 3.91. The maximum absolute atomic E-state index is 13.3. The molecule has 31 heavy (non-hydrogen) atoms. The predicted octanol–water partition coefficient (Wildman–Crippen LogP) is 5.91. The second-order valence-corrected chi connectivity index (χ2v) is 8.48. The van der Waals surface area contributed by atoms with Gasteiger partial charge in [-0.15, -0.1) is 11.8 Å². The molecule has 0 saturated heterocycles. The third-order valence-electron chi connectivity index (χ3n) is 5.40. The van der Waals surface area contributed by atoms with Gasteiger partial charge < -0.3 is 4.57 Å². The summed E-state index contributed by atoms with van der Waals surface area (Å²) in [5, 5.41) is 0.649. The van der Waals surface area contributed by atoms with Crippen molar-refractivity contribution in [3.63, 3.8) is 0 Å². The number of thioether (sulfide) groups is 1. The van der Waals surface area contributed by atoms with Crippen molar-refractivity contribution in [3.8, 4) is 0 Å². The van der Waals surface area contributed by atoms with Crippen LogP contribution in [-0.4, -0.2) is 9.55 Å². The molecule has 154 valence electrons. The Balaban J connectivity index is 1.36. The lowest BCUT2D eigenvalue weighted by Crippen LogP contribution is -2.14. The summed E-state index contributed by atoms with van der Waals surface area (Å²) in [5.41, 5.74) is 3.90. The fourth-order valence-electron chi connectivity index (χ4n) is 3.82. The molecule has 2 heterocycles. The van der Waals surface area contributed by atoms with Crippen molar-refractivity contribution in [2.75, 3.05) is 0 Å². The SMILES string of the molecule is O=c1nc2n(c3ccccc13)CC/C2=C\c1ccc(CSc2ccc(F)c(F)c2)cc1. The van der Waals surface area contributed by atoms with Crippen LogP contribution < -0.4 is 5.56 Å². The topological polar surface area (TPSA) is 34.9 Å². The maximum atomic E-state index is 13.3. The number of rotatable bonds is 4. The molecule has 0 amide bonds. The Morgan fingerprint density at radius 1 is 1.00 bits per heavy atom. The second kappa shape index (κ2) is 8.12. The molecule has 0 aliphatic carbocycles. The minimum absolute atomic E-state index is 0.195. The zero-order valence-corrected chi connectivity index (χ0v) is 17.3. The van der Waals surface area contributed by atoms with Gasteiger partial charge in [0.1, 0.15) is 5.82 Å². The Kier molecular flexibility index (Phi) is 5.16. The molecule has 0 unspecified atom stereocenters. The van der Waals surface area contributed by atoms with Crippen molar-refractivity contribution in [3.05, 3.63) is 106 Å². The Hall–Kier alpha value is -3.25. The maximum Gasteiger partial charge on any atom is 0.281 e. The van der Waals surface area contributed by atoms with Crippen LogP contribution in [0.4, 0.5) is 8.78 Å². The fourth-order valence-corrected chi connectivity index (χ4v) is 4.69. The van der Waals surface area contributed by atoms with E-state index < -0.39 is 11.6 Å². The Morgan fingerprint density at radius 2 is 1.81 bits per heavy atom. The van der Waals surface area contributed by atoms with E-state index in [1.165, 1.54) is 17.8 Å². The number of aryl methyl sites for hydroxylation is 1. The number of hydrogen-bond donors (Lipinski definition) is 0. The zero-order valence-electron chi connectivity index (χ0n) is 16.5. The van der Waals surface area contributed by atoms with Gasteiger partial charge >= 0.3 is 0 Å². The smallest absolute Gasteiger partial charge is 0.281 e. The molecular formula is C25H18F2N2OS. The van der Waals surface area contributed by atoms with Gasteiger partial charge in [0.05, 0.1) is 10.9 Å². The van der Waals surface area contributed by atoms with E-state index in [0.29, 0.717) is 16.0 Å². The van der Waals surface area contributed by atoms with Crippen LogP contribution in [0.25, 0.3) is 22.6 Å². The quantitative estimate of drug-likeness (QED) is 0.376. The van der Waals surface area contributed by atoms with Crippen LogP contribution in [0.2, 0.25) is 0 Å². The number of benzene rings is 3. The van der Waals surface area contributed by atoms with Crippen LogP contribution in [0.15, 0.2) is 76.4 Å². The summed E-state index contributed by atoms with van der Waals surface area (Å²) >= 11 is 1.46. The third-order valence-corrected chi connectivity index (χ3v) is 6.46. The predicted molar refractivity (Wildman–Crippen MR) is 121 cm³/mol. The number of hydrogen-bond acceptors (Lipinski definition) is 3. The minimum Gasteiger partial charge on any atom is -0.325 e. The largest absolute Gasteiger partial charge is 0.325 e. The van der Waals surface area contributed by atoms with Gasteiger partial charge in [-0.25, -0.2) is 8.78 Å². The van der Waals surface area contributed by atoms with Crippen molar-refractivity contribution in [2.24, 2.45) is 0 Å². The molecule has 6 heteroatoms. The van der Waals surface area contributed by atoms with E-state index >= 15 is 0 Å². The lowest BCUT2D eigenvalue weighted by atomic mass is 10.1. The molecule has 3 aromatic carbocycles. The monoisotopic (exact) mass is 432 g/mol. The van der Waals surface area contributed by atoms with Gasteiger partial charge in [-0.1, -0.05) is 36.4 Å². The molecular weight excluding hydrogens is 414 g/mol. The van der Waals surface area contributed by atoms with Crippen molar-refractivity contribution in [2.45, 2.75) is 23.6 Å². The van der Waals surface area contributed by atoms with Crippen LogP contribution in [0.5, 0.6) is 0 Å². The molecule has 4 aromatic rings. The van der Waals surface area contributed by atoms with Gasteiger partial charge in [0.25, 0.3) is 5.56 Å². The number of para-hydroxylation sites is 1. The van der Waals surface area contributed by atoms with E-state index in [0.717, 1.165) is 47.1 Å². The normalized spacial score (nSPS) is 14.3. The van der Waals surface area contributed by atoms with Gasteiger partial charge in [-0.05, 0) is 59.5 Å². The summed E-state index contributed by atoms with van der Waals surface area (Å²) < 4.78 is 28.5.